The lowest BCUT2D eigenvalue weighted by atomic mass is 10.1. The SMILES string of the molecule is COc1ccc(C(=O)CCSC)cc1OC. The Morgan fingerprint density at radius 1 is 1.25 bits per heavy atom. The van der Waals surface area contributed by atoms with E-state index in [4.69, 9.17) is 9.47 Å². The summed E-state index contributed by atoms with van der Waals surface area (Å²) in [5.41, 5.74) is 0.673. The molecule has 0 radical (unpaired) electrons. The van der Waals surface area contributed by atoms with Crippen molar-refractivity contribution < 1.29 is 14.3 Å². The Hall–Kier alpha value is -1.16. The lowest BCUT2D eigenvalue weighted by Crippen LogP contribution is -2.01. The number of hydrogen-bond donors (Lipinski definition) is 0. The van der Waals surface area contributed by atoms with Crippen LogP contribution >= 0.6 is 11.8 Å². The topological polar surface area (TPSA) is 35.5 Å². The number of ketones is 1. The second-order valence-corrected chi connectivity index (χ2v) is 4.22. The van der Waals surface area contributed by atoms with Gasteiger partial charge >= 0.3 is 0 Å². The van der Waals surface area contributed by atoms with Gasteiger partial charge in [-0.2, -0.15) is 11.8 Å². The van der Waals surface area contributed by atoms with Crippen molar-refractivity contribution in [3.63, 3.8) is 0 Å². The molecule has 0 aliphatic carbocycles. The van der Waals surface area contributed by atoms with Crippen molar-refractivity contribution in [2.75, 3.05) is 26.2 Å². The maximum atomic E-state index is 11.8. The molecular formula is C12H16O3S. The van der Waals surface area contributed by atoms with Crippen LogP contribution in [-0.4, -0.2) is 32.0 Å². The van der Waals surface area contributed by atoms with Crippen LogP contribution < -0.4 is 9.47 Å². The van der Waals surface area contributed by atoms with Gasteiger partial charge in [-0.15, -0.1) is 0 Å². The molecule has 0 aliphatic heterocycles. The summed E-state index contributed by atoms with van der Waals surface area (Å²) in [6.07, 6.45) is 2.54. The zero-order valence-electron chi connectivity index (χ0n) is 9.78. The first-order valence-corrected chi connectivity index (χ1v) is 6.36. The van der Waals surface area contributed by atoms with Gasteiger partial charge in [-0.25, -0.2) is 0 Å². The van der Waals surface area contributed by atoms with E-state index in [9.17, 15) is 4.79 Å². The molecule has 0 atom stereocenters. The molecule has 16 heavy (non-hydrogen) atoms. The predicted octanol–water partition coefficient (Wildman–Crippen LogP) is 2.64. The third-order valence-corrected chi connectivity index (χ3v) is 2.85. The molecule has 0 saturated carbocycles. The van der Waals surface area contributed by atoms with Gasteiger partial charge in [0.1, 0.15) is 0 Å². The summed E-state index contributed by atoms with van der Waals surface area (Å²) in [6, 6.07) is 5.25. The quantitative estimate of drug-likeness (QED) is 0.716. The monoisotopic (exact) mass is 240 g/mol. The maximum Gasteiger partial charge on any atom is 0.163 e. The van der Waals surface area contributed by atoms with E-state index in [0.717, 1.165) is 5.75 Å². The Kier molecular flexibility index (Phi) is 5.19. The molecule has 0 unspecified atom stereocenters. The molecule has 1 rings (SSSR count). The van der Waals surface area contributed by atoms with Gasteiger partial charge in [-0.05, 0) is 24.5 Å². The minimum atomic E-state index is 0.135. The van der Waals surface area contributed by atoms with Crippen molar-refractivity contribution in [2.45, 2.75) is 6.42 Å². The Morgan fingerprint density at radius 3 is 2.50 bits per heavy atom. The highest BCUT2D eigenvalue weighted by Gasteiger charge is 2.10. The van der Waals surface area contributed by atoms with Crippen LogP contribution in [0.4, 0.5) is 0 Å². The Bertz CT molecular complexity index is 363. The number of thioether (sulfide) groups is 1. The minimum Gasteiger partial charge on any atom is -0.493 e. The van der Waals surface area contributed by atoms with Gasteiger partial charge in [0.05, 0.1) is 14.2 Å². The Balaban J connectivity index is 2.85. The summed E-state index contributed by atoms with van der Waals surface area (Å²) in [6.45, 7) is 0. The molecule has 0 amide bonds. The zero-order chi connectivity index (χ0) is 12.0. The molecule has 0 aromatic heterocycles. The number of carbonyl (C=O) groups excluding carboxylic acids is 1. The van der Waals surface area contributed by atoms with E-state index in [-0.39, 0.29) is 5.78 Å². The van der Waals surface area contributed by atoms with Crippen molar-refractivity contribution in [2.24, 2.45) is 0 Å². The van der Waals surface area contributed by atoms with Gasteiger partial charge in [0, 0.05) is 17.7 Å². The molecule has 0 bridgehead atoms. The summed E-state index contributed by atoms with van der Waals surface area (Å²) in [5.74, 6) is 2.21. The molecule has 4 heteroatoms. The van der Waals surface area contributed by atoms with E-state index in [1.165, 1.54) is 0 Å². The first-order valence-electron chi connectivity index (χ1n) is 4.97. The van der Waals surface area contributed by atoms with Crippen LogP contribution in [0.25, 0.3) is 0 Å². The normalized spacial score (nSPS) is 9.94. The number of rotatable bonds is 6. The fraction of sp³-hybridized carbons (Fsp3) is 0.417. The van der Waals surface area contributed by atoms with Crippen LogP contribution in [0.5, 0.6) is 11.5 Å². The highest BCUT2D eigenvalue weighted by molar-refractivity contribution is 7.98. The molecule has 3 nitrogen and oxygen atoms in total. The third-order valence-electron chi connectivity index (χ3n) is 2.24. The highest BCUT2D eigenvalue weighted by atomic mass is 32.2. The first kappa shape index (κ1) is 12.9. The van der Waals surface area contributed by atoms with Crippen molar-refractivity contribution in [1.82, 2.24) is 0 Å². The number of carbonyl (C=O) groups is 1. The van der Waals surface area contributed by atoms with Gasteiger partial charge in [0.2, 0.25) is 0 Å². The number of benzene rings is 1. The largest absolute Gasteiger partial charge is 0.493 e. The molecule has 0 aliphatic rings. The summed E-state index contributed by atoms with van der Waals surface area (Å²) >= 11 is 1.67. The average molecular weight is 240 g/mol. The van der Waals surface area contributed by atoms with E-state index in [1.807, 2.05) is 6.26 Å². The molecule has 1 aromatic rings. The molecular weight excluding hydrogens is 224 g/mol. The van der Waals surface area contributed by atoms with E-state index in [0.29, 0.717) is 23.5 Å². The van der Waals surface area contributed by atoms with Crippen molar-refractivity contribution in [1.29, 1.82) is 0 Å². The molecule has 88 valence electrons. The fourth-order valence-corrected chi connectivity index (χ4v) is 1.74. The van der Waals surface area contributed by atoms with Crippen LogP contribution in [-0.2, 0) is 0 Å². The number of ether oxygens (including phenoxy) is 2. The highest BCUT2D eigenvalue weighted by Crippen LogP contribution is 2.28. The van der Waals surface area contributed by atoms with Crippen LogP contribution in [0.15, 0.2) is 18.2 Å². The van der Waals surface area contributed by atoms with Crippen LogP contribution in [0, 0.1) is 0 Å². The van der Waals surface area contributed by atoms with Crippen LogP contribution in [0.1, 0.15) is 16.8 Å². The summed E-state index contributed by atoms with van der Waals surface area (Å²) in [4.78, 5) is 11.8. The average Bonchev–Trinajstić information content (AvgIpc) is 2.34. The van der Waals surface area contributed by atoms with Crippen LogP contribution in [0.3, 0.4) is 0 Å². The van der Waals surface area contributed by atoms with Gasteiger partial charge in [-0.3, -0.25) is 4.79 Å². The summed E-state index contributed by atoms with van der Waals surface area (Å²) in [5, 5.41) is 0. The predicted molar refractivity (Wildman–Crippen MR) is 66.9 cm³/mol. The molecule has 0 N–H and O–H groups in total. The Morgan fingerprint density at radius 2 is 1.94 bits per heavy atom. The standard InChI is InChI=1S/C12H16O3S/c1-14-11-5-4-9(8-12(11)15-2)10(13)6-7-16-3/h4-5,8H,6-7H2,1-3H3. The van der Waals surface area contributed by atoms with Crippen molar-refractivity contribution in [3.05, 3.63) is 23.8 Å². The van der Waals surface area contributed by atoms with Gasteiger partial charge < -0.3 is 9.47 Å². The lowest BCUT2D eigenvalue weighted by Gasteiger charge is -2.08. The number of Topliss-reactive ketones (excluding diaryl/α,β-unsaturated/α-hetero) is 1. The van der Waals surface area contributed by atoms with Gasteiger partial charge in [0.25, 0.3) is 0 Å². The van der Waals surface area contributed by atoms with Crippen LogP contribution in [0.2, 0.25) is 0 Å². The zero-order valence-corrected chi connectivity index (χ0v) is 10.6. The van der Waals surface area contributed by atoms with E-state index in [2.05, 4.69) is 0 Å². The molecule has 0 fully saturated rings. The van der Waals surface area contributed by atoms with E-state index < -0.39 is 0 Å². The van der Waals surface area contributed by atoms with Crippen molar-refractivity contribution in [3.8, 4) is 11.5 Å². The van der Waals surface area contributed by atoms with E-state index in [1.54, 1.807) is 44.2 Å². The molecule has 0 heterocycles. The summed E-state index contributed by atoms with van der Waals surface area (Å²) in [7, 11) is 3.14. The molecule has 0 saturated heterocycles. The second kappa shape index (κ2) is 6.43. The smallest absolute Gasteiger partial charge is 0.163 e. The van der Waals surface area contributed by atoms with Gasteiger partial charge in [0.15, 0.2) is 17.3 Å². The molecule has 0 spiro atoms. The lowest BCUT2D eigenvalue weighted by molar-refractivity contribution is 0.0989. The second-order valence-electron chi connectivity index (χ2n) is 3.24. The minimum absolute atomic E-state index is 0.135. The number of hydrogen-bond acceptors (Lipinski definition) is 4. The fourth-order valence-electron chi connectivity index (χ4n) is 1.35. The van der Waals surface area contributed by atoms with Crippen molar-refractivity contribution >= 4 is 17.5 Å². The van der Waals surface area contributed by atoms with E-state index >= 15 is 0 Å². The summed E-state index contributed by atoms with van der Waals surface area (Å²) < 4.78 is 10.3. The first-order chi connectivity index (χ1) is 7.72. The Labute approximate surface area is 100 Å². The maximum absolute atomic E-state index is 11.8. The van der Waals surface area contributed by atoms with Gasteiger partial charge in [-0.1, -0.05) is 0 Å². The molecule has 1 aromatic carbocycles. The number of methoxy groups -OCH3 is 2. The third kappa shape index (κ3) is 3.17.